The van der Waals surface area contributed by atoms with Gasteiger partial charge in [-0.05, 0) is 68.3 Å². The zero-order valence-corrected chi connectivity index (χ0v) is 23.6. The van der Waals surface area contributed by atoms with Gasteiger partial charge in [-0.2, -0.15) is 0 Å². The molecule has 1 aliphatic carbocycles. The standard InChI is InChI=1S/C33H46N2O3/c1-5-20-35-21-19-33(27-16-12-17-29(22-27)37-3)24-28(23-31(38-4)30(33)25-35)34(2)32(36)18-11-7-10-15-26-13-8-6-9-14-26/h5-6,8-9,12-14,16-17,22,28,30-31H,1,7,10-11,15,18-21,23-25H2,2-4H3/t28-,30-,31?,33-/m0/s1. The molecule has 206 valence electrons. The number of fused-ring (bicyclic) bond motifs is 1. The van der Waals surface area contributed by atoms with E-state index in [1.165, 1.54) is 11.1 Å². The van der Waals surface area contributed by atoms with E-state index < -0.39 is 0 Å². The summed E-state index contributed by atoms with van der Waals surface area (Å²) in [7, 11) is 5.58. The highest BCUT2D eigenvalue weighted by Gasteiger charge is 2.53. The summed E-state index contributed by atoms with van der Waals surface area (Å²) in [5, 5.41) is 0. The van der Waals surface area contributed by atoms with Gasteiger partial charge in [-0.15, -0.1) is 6.58 Å². The number of nitrogens with zero attached hydrogens (tertiary/aromatic N) is 2. The number of piperidine rings is 1. The van der Waals surface area contributed by atoms with Crippen LogP contribution in [0.5, 0.6) is 5.75 Å². The molecule has 5 nitrogen and oxygen atoms in total. The molecule has 0 spiro atoms. The zero-order chi connectivity index (χ0) is 27.0. The molecular formula is C33H46N2O3. The van der Waals surface area contributed by atoms with Crippen molar-refractivity contribution in [2.45, 2.75) is 68.9 Å². The lowest BCUT2D eigenvalue weighted by Crippen LogP contribution is -2.61. The van der Waals surface area contributed by atoms with E-state index in [9.17, 15) is 4.79 Å². The summed E-state index contributed by atoms with van der Waals surface area (Å²) in [6.45, 7) is 6.86. The van der Waals surface area contributed by atoms with Crippen LogP contribution in [0.25, 0.3) is 0 Å². The van der Waals surface area contributed by atoms with Crippen LogP contribution in [-0.4, -0.2) is 68.8 Å². The number of carbonyl (C=O) groups excluding carboxylic acids is 1. The van der Waals surface area contributed by atoms with Crippen LogP contribution < -0.4 is 4.74 Å². The number of methoxy groups -OCH3 is 2. The van der Waals surface area contributed by atoms with Crippen molar-refractivity contribution in [3.8, 4) is 5.75 Å². The molecule has 0 radical (unpaired) electrons. The van der Waals surface area contributed by atoms with Crippen molar-refractivity contribution in [3.05, 3.63) is 78.4 Å². The number of unbranched alkanes of at least 4 members (excludes halogenated alkanes) is 2. The van der Waals surface area contributed by atoms with Crippen LogP contribution in [0.4, 0.5) is 0 Å². The van der Waals surface area contributed by atoms with Crippen molar-refractivity contribution in [2.24, 2.45) is 5.92 Å². The van der Waals surface area contributed by atoms with Crippen molar-refractivity contribution in [2.75, 3.05) is 40.9 Å². The molecule has 0 bridgehead atoms. The molecule has 1 saturated heterocycles. The summed E-state index contributed by atoms with van der Waals surface area (Å²) >= 11 is 0. The molecule has 1 saturated carbocycles. The van der Waals surface area contributed by atoms with E-state index in [4.69, 9.17) is 9.47 Å². The number of rotatable bonds is 12. The number of likely N-dealkylation sites (tertiary alicyclic amines) is 1. The fourth-order valence-corrected chi connectivity index (χ4v) is 6.87. The van der Waals surface area contributed by atoms with E-state index in [1.807, 2.05) is 31.2 Å². The predicted octanol–water partition coefficient (Wildman–Crippen LogP) is 5.88. The van der Waals surface area contributed by atoms with E-state index in [0.717, 1.165) is 70.3 Å². The number of amides is 1. The molecule has 0 aromatic heterocycles. The highest BCUT2D eigenvalue weighted by Crippen LogP contribution is 2.51. The first-order chi connectivity index (χ1) is 18.5. The average molecular weight is 519 g/mol. The van der Waals surface area contributed by atoms with Gasteiger partial charge in [0.25, 0.3) is 0 Å². The maximum Gasteiger partial charge on any atom is 0.222 e. The van der Waals surface area contributed by atoms with E-state index in [0.29, 0.717) is 12.3 Å². The van der Waals surface area contributed by atoms with Crippen molar-refractivity contribution in [3.63, 3.8) is 0 Å². The quantitative estimate of drug-likeness (QED) is 0.260. The maximum atomic E-state index is 13.4. The normalized spacial score (nSPS) is 25.4. The van der Waals surface area contributed by atoms with Crippen molar-refractivity contribution < 1.29 is 14.3 Å². The number of hydrogen-bond donors (Lipinski definition) is 0. The second-order valence-electron chi connectivity index (χ2n) is 11.2. The maximum absolute atomic E-state index is 13.4. The SMILES string of the molecule is C=CCN1CC[C@@]2(c3cccc(OC)c3)C[C@@H](N(C)C(=O)CCCCCc3ccccc3)CC(OC)[C@@H]2C1. The molecule has 2 aromatic rings. The molecule has 1 aliphatic heterocycles. The third kappa shape index (κ3) is 6.50. The zero-order valence-electron chi connectivity index (χ0n) is 23.6. The highest BCUT2D eigenvalue weighted by molar-refractivity contribution is 5.76. The van der Waals surface area contributed by atoms with Crippen LogP contribution in [0, 0.1) is 5.92 Å². The fraction of sp³-hybridized carbons (Fsp3) is 0.545. The fourth-order valence-electron chi connectivity index (χ4n) is 6.87. The van der Waals surface area contributed by atoms with E-state index in [2.05, 4.69) is 60.0 Å². The minimum atomic E-state index is -0.0555. The molecule has 4 rings (SSSR count). The van der Waals surface area contributed by atoms with Gasteiger partial charge in [-0.25, -0.2) is 0 Å². The summed E-state index contributed by atoms with van der Waals surface area (Å²) < 4.78 is 11.8. The lowest BCUT2D eigenvalue weighted by Gasteiger charge is -2.56. The van der Waals surface area contributed by atoms with Crippen LogP contribution in [0.1, 0.15) is 56.1 Å². The lowest BCUT2D eigenvalue weighted by molar-refractivity contribution is -0.137. The van der Waals surface area contributed by atoms with Gasteiger partial charge in [0.1, 0.15) is 5.75 Å². The Morgan fingerprint density at radius 3 is 2.68 bits per heavy atom. The Kier molecular flexibility index (Phi) is 10.0. The molecule has 2 aliphatic rings. The van der Waals surface area contributed by atoms with E-state index in [1.54, 1.807) is 7.11 Å². The molecule has 1 amide bonds. The van der Waals surface area contributed by atoms with Crippen LogP contribution in [0.3, 0.4) is 0 Å². The Morgan fingerprint density at radius 1 is 1.13 bits per heavy atom. The Bertz CT molecular complexity index is 1040. The Labute approximate surface area is 229 Å². The minimum absolute atomic E-state index is 0.0555. The summed E-state index contributed by atoms with van der Waals surface area (Å²) in [5.41, 5.74) is 2.63. The Hall–Kier alpha value is -2.63. The number of aryl methyl sites for hydroxylation is 1. The van der Waals surface area contributed by atoms with E-state index >= 15 is 0 Å². The molecule has 1 unspecified atom stereocenters. The van der Waals surface area contributed by atoms with Crippen molar-refractivity contribution >= 4 is 5.91 Å². The first kappa shape index (κ1) is 28.4. The van der Waals surface area contributed by atoms with Crippen LogP contribution in [0.15, 0.2) is 67.3 Å². The van der Waals surface area contributed by atoms with Gasteiger partial charge in [0, 0.05) is 51.0 Å². The molecular weight excluding hydrogens is 472 g/mol. The van der Waals surface area contributed by atoms with Crippen LogP contribution in [-0.2, 0) is 21.4 Å². The smallest absolute Gasteiger partial charge is 0.222 e. The second kappa shape index (κ2) is 13.4. The highest BCUT2D eigenvalue weighted by atomic mass is 16.5. The summed E-state index contributed by atoms with van der Waals surface area (Å²) in [5.74, 6) is 1.50. The van der Waals surface area contributed by atoms with Gasteiger partial charge in [0.15, 0.2) is 0 Å². The van der Waals surface area contributed by atoms with Gasteiger partial charge in [-0.3, -0.25) is 9.69 Å². The number of carbonyl (C=O) groups is 1. The predicted molar refractivity (Wildman–Crippen MR) is 155 cm³/mol. The van der Waals surface area contributed by atoms with Gasteiger partial charge in [0.2, 0.25) is 5.91 Å². The minimum Gasteiger partial charge on any atom is -0.497 e. The van der Waals surface area contributed by atoms with Crippen LogP contribution >= 0.6 is 0 Å². The van der Waals surface area contributed by atoms with E-state index in [-0.39, 0.29) is 23.5 Å². The lowest BCUT2D eigenvalue weighted by atomic mass is 9.56. The van der Waals surface area contributed by atoms with Gasteiger partial charge in [0.05, 0.1) is 13.2 Å². The Balaban J connectivity index is 1.45. The Morgan fingerprint density at radius 2 is 1.95 bits per heavy atom. The largest absolute Gasteiger partial charge is 0.497 e. The van der Waals surface area contributed by atoms with Crippen LogP contribution in [0.2, 0.25) is 0 Å². The topological polar surface area (TPSA) is 42.0 Å². The first-order valence-electron chi connectivity index (χ1n) is 14.3. The molecule has 2 fully saturated rings. The number of benzene rings is 2. The van der Waals surface area contributed by atoms with Crippen molar-refractivity contribution in [1.29, 1.82) is 0 Å². The van der Waals surface area contributed by atoms with Crippen molar-refractivity contribution in [1.82, 2.24) is 9.80 Å². The number of hydrogen-bond acceptors (Lipinski definition) is 4. The monoisotopic (exact) mass is 518 g/mol. The number of ether oxygens (including phenoxy) is 2. The van der Waals surface area contributed by atoms with Gasteiger partial charge in [-0.1, -0.05) is 55.0 Å². The second-order valence-corrected chi connectivity index (χ2v) is 11.2. The summed E-state index contributed by atoms with van der Waals surface area (Å²) in [4.78, 5) is 17.9. The molecule has 2 aromatic carbocycles. The molecule has 0 N–H and O–H groups in total. The molecule has 38 heavy (non-hydrogen) atoms. The summed E-state index contributed by atoms with van der Waals surface area (Å²) in [6.07, 6.45) is 9.80. The molecule has 5 heteroatoms. The molecule has 1 heterocycles. The van der Waals surface area contributed by atoms with Gasteiger partial charge >= 0.3 is 0 Å². The average Bonchev–Trinajstić information content (AvgIpc) is 2.96. The molecule has 4 atom stereocenters. The third-order valence-electron chi connectivity index (χ3n) is 9.07. The van der Waals surface area contributed by atoms with Gasteiger partial charge < -0.3 is 14.4 Å². The summed E-state index contributed by atoms with van der Waals surface area (Å²) in [6, 6.07) is 19.4. The first-order valence-corrected chi connectivity index (χ1v) is 14.3. The third-order valence-corrected chi connectivity index (χ3v) is 9.07.